The van der Waals surface area contributed by atoms with Crippen LogP contribution in [0.1, 0.15) is 27.8 Å². The number of fused-ring (bicyclic) bond motifs is 1. The van der Waals surface area contributed by atoms with Crippen molar-refractivity contribution in [2.75, 3.05) is 0 Å². The Balaban J connectivity index is 2.01. The lowest BCUT2D eigenvalue weighted by atomic mass is 9.89. The molecule has 0 fully saturated rings. The zero-order valence-corrected chi connectivity index (χ0v) is 10.9. The van der Waals surface area contributed by atoms with E-state index < -0.39 is 5.60 Å². The van der Waals surface area contributed by atoms with E-state index in [-0.39, 0.29) is 0 Å². The van der Waals surface area contributed by atoms with Gasteiger partial charge in [-0.1, -0.05) is 42.5 Å². The number of hydrogen-bond acceptors (Lipinski definition) is 1. The standard InChI is InChI=1S/C17H18O/c1-12-7-8-16(9-13(12)2)17(18)10-14-5-3-4-6-15(14)11-17/h3-9,18H,10-11H2,1-2H3. The second-order valence-electron chi connectivity index (χ2n) is 5.45. The highest BCUT2D eigenvalue weighted by molar-refractivity contribution is 5.42. The average molecular weight is 238 g/mol. The fourth-order valence-electron chi connectivity index (χ4n) is 2.83. The predicted molar refractivity (Wildman–Crippen MR) is 73.7 cm³/mol. The Kier molecular flexibility index (Phi) is 2.53. The first-order valence-electron chi connectivity index (χ1n) is 6.45. The van der Waals surface area contributed by atoms with Crippen LogP contribution in [0.4, 0.5) is 0 Å². The molecule has 0 unspecified atom stereocenters. The highest BCUT2D eigenvalue weighted by Gasteiger charge is 2.36. The number of aryl methyl sites for hydroxylation is 2. The molecule has 1 aliphatic rings. The molecular weight excluding hydrogens is 220 g/mol. The molecule has 1 aliphatic carbocycles. The zero-order valence-electron chi connectivity index (χ0n) is 10.9. The molecule has 0 bridgehead atoms. The van der Waals surface area contributed by atoms with Crippen molar-refractivity contribution in [2.24, 2.45) is 0 Å². The maximum Gasteiger partial charge on any atom is 0.0977 e. The molecule has 0 aromatic heterocycles. The summed E-state index contributed by atoms with van der Waals surface area (Å²) in [6.45, 7) is 4.21. The molecule has 3 rings (SSSR count). The predicted octanol–water partition coefficient (Wildman–Crippen LogP) is 3.29. The molecule has 2 aromatic carbocycles. The van der Waals surface area contributed by atoms with Crippen LogP contribution in [0.3, 0.4) is 0 Å². The summed E-state index contributed by atoms with van der Waals surface area (Å²) in [7, 11) is 0. The van der Waals surface area contributed by atoms with Gasteiger partial charge in [0.15, 0.2) is 0 Å². The molecule has 0 saturated heterocycles. The highest BCUT2D eigenvalue weighted by atomic mass is 16.3. The van der Waals surface area contributed by atoms with Gasteiger partial charge in [-0.05, 0) is 41.7 Å². The van der Waals surface area contributed by atoms with Gasteiger partial charge in [0, 0.05) is 12.8 Å². The Morgan fingerprint density at radius 1 is 0.889 bits per heavy atom. The smallest absolute Gasteiger partial charge is 0.0977 e. The van der Waals surface area contributed by atoms with Gasteiger partial charge in [-0.2, -0.15) is 0 Å². The van der Waals surface area contributed by atoms with Crippen molar-refractivity contribution < 1.29 is 5.11 Å². The van der Waals surface area contributed by atoms with Crippen LogP contribution in [0.5, 0.6) is 0 Å². The van der Waals surface area contributed by atoms with Crippen molar-refractivity contribution in [2.45, 2.75) is 32.3 Å². The third kappa shape index (κ3) is 1.75. The van der Waals surface area contributed by atoms with Crippen molar-refractivity contribution >= 4 is 0 Å². The maximum absolute atomic E-state index is 10.9. The highest BCUT2D eigenvalue weighted by Crippen LogP contribution is 2.38. The molecular formula is C17H18O. The molecule has 0 saturated carbocycles. The van der Waals surface area contributed by atoms with E-state index in [4.69, 9.17) is 0 Å². The van der Waals surface area contributed by atoms with Gasteiger partial charge in [-0.25, -0.2) is 0 Å². The molecule has 0 amide bonds. The second-order valence-corrected chi connectivity index (χ2v) is 5.45. The lowest BCUT2D eigenvalue weighted by molar-refractivity contribution is 0.0481. The molecule has 0 aliphatic heterocycles. The summed E-state index contributed by atoms with van der Waals surface area (Å²) in [5.41, 5.74) is 5.40. The maximum atomic E-state index is 10.9. The number of hydrogen-bond donors (Lipinski definition) is 1. The van der Waals surface area contributed by atoms with E-state index in [0.717, 1.165) is 18.4 Å². The molecule has 18 heavy (non-hydrogen) atoms. The first kappa shape index (κ1) is 11.5. The molecule has 1 N–H and O–H groups in total. The van der Waals surface area contributed by atoms with E-state index in [1.807, 2.05) is 12.1 Å². The summed E-state index contributed by atoms with van der Waals surface area (Å²) >= 11 is 0. The Bertz CT molecular complexity index is 573. The van der Waals surface area contributed by atoms with Crippen molar-refractivity contribution in [1.82, 2.24) is 0 Å². The van der Waals surface area contributed by atoms with Gasteiger partial charge < -0.3 is 5.11 Å². The van der Waals surface area contributed by atoms with Gasteiger partial charge in [0.05, 0.1) is 5.60 Å². The molecule has 0 atom stereocenters. The summed E-state index contributed by atoms with van der Waals surface area (Å²) in [6.07, 6.45) is 1.46. The first-order valence-corrected chi connectivity index (χ1v) is 6.45. The SMILES string of the molecule is Cc1ccc(C2(O)Cc3ccccc3C2)cc1C. The fraction of sp³-hybridized carbons (Fsp3) is 0.294. The first-order chi connectivity index (χ1) is 8.58. The van der Waals surface area contributed by atoms with E-state index in [1.54, 1.807) is 0 Å². The quantitative estimate of drug-likeness (QED) is 0.808. The fourth-order valence-corrected chi connectivity index (χ4v) is 2.83. The van der Waals surface area contributed by atoms with Crippen LogP contribution < -0.4 is 0 Å². The van der Waals surface area contributed by atoms with Crippen LogP contribution in [-0.4, -0.2) is 5.11 Å². The summed E-state index contributed by atoms with van der Waals surface area (Å²) < 4.78 is 0. The molecule has 0 spiro atoms. The van der Waals surface area contributed by atoms with Gasteiger partial charge in [0.2, 0.25) is 0 Å². The van der Waals surface area contributed by atoms with E-state index >= 15 is 0 Å². The number of aliphatic hydroxyl groups is 1. The Hall–Kier alpha value is -1.60. The molecule has 0 radical (unpaired) electrons. The van der Waals surface area contributed by atoms with Crippen molar-refractivity contribution in [3.8, 4) is 0 Å². The largest absolute Gasteiger partial charge is 0.384 e. The van der Waals surface area contributed by atoms with Crippen LogP contribution >= 0.6 is 0 Å². The van der Waals surface area contributed by atoms with E-state index in [0.29, 0.717) is 0 Å². The molecule has 1 heteroatoms. The van der Waals surface area contributed by atoms with Crippen molar-refractivity contribution in [1.29, 1.82) is 0 Å². The lowest BCUT2D eigenvalue weighted by Gasteiger charge is -2.23. The second kappa shape index (κ2) is 3.96. The Morgan fingerprint density at radius 2 is 1.50 bits per heavy atom. The number of benzene rings is 2. The monoisotopic (exact) mass is 238 g/mol. The molecule has 1 nitrogen and oxygen atoms in total. The molecule has 2 aromatic rings. The van der Waals surface area contributed by atoms with E-state index in [2.05, 4.69) is 44.2 Å². The lowest BCUT2D eigenvalue weighted by Crippen LogP contribution is -2.26. The van der Waals surface area contributed by atoms with Gasteiger partial charge in [0.25, 0.3) is 0 Å². The van der Waals surface area contributed by atoms with Crippen molar-refractivity contribution in [3.05, 3.63) is 70.3 Å². The summed E-state index contributed by atoms with van der Waals surface area (Å²) in [5, 5.41) is 10.9. The summed E-state index contributed by atoms with van der Waals surface area (Å²) in [4.78, 5) is 0. The number of rotatable bonds is 1. The van der Waals surface area contributed by atoms with Crippen LogP contribution in [-0.2, 0) is 18.4 Å². The third-order valence-electron chi connectivity index (χ3n) is 4.13. The molecule has 0 heterocycles. The van der Waals surface area contributed by atoms with Crippen LogP contribution in [0, 0.1) is 13.8 Å². The van der Waals surface area contributed by atoms with Crippen LogP contribution in [0.15, 0.2) is 42.5 Å². The average Bonchev–Trinajstić information content (AvgIpc) is 2.70. The molecule has 92 valence electrons. The normalized spacial score (nSPS) is 16.6. The van der Waals surface area contributed by atoms with Gasteiger partial charge in [-0.3, -0.25) is 0 Å². The van der Waals surface area contributed by atoms with E-state index in [1.165, 1.54) is 22.3 Å². The van der Waals surface area contributed by atoms with Gasteiger partial charge in [0.1, 0.15) is 0 Å². The van der Waals surface area contributed by atoms with Gasteiger partial charge in [-0.15, -0.1) is 0 Å². The van der Waals surface area contributed by atoms with Crippen LogP contribution in [0.25, 0.3) is 0 Å². The minimum absolute atomic E-state index is 0.720. The third-order valence-corrected chi connectivity index (χ3v) is 4.13. The van der Waals surface area contributed by atoms with Crippen LogP contribution in [0.2, 0.25) is 0 Å². The summed E-state index contributed by atoms with van der Waals surface area (Å²) in [5.74, 6) is 0. The zero-order chi connectivity index (χ0) is 12.8. The Labute approximate surface area is 108 Å². The Morgan fingerprint density at radius 3 is 2.06 bits per heavy atom. The van der Waals surface area contributed by atoms with E-state index in [9.17, 15) is 5.11 Å². The van der Waals surface area contributed by atoms with Crippen molar-refractivity contribution in [3.63, 3.8) is 0 Å². The minimum Gasteiger partial charge on any atom is -0.384 e. The summed E-state index contributed by atoms with van der Waals surface area (Å²) in [6, 6.07) is 14.6. The topological polar surface area (TPSA) is 20.2 Å². The van der Waals surface area contributed by atoms with Gasteiger partial charge >= 0.3 is 0 Å². The minimum atomic E-state index is -0.720.